The second-order valence-electron chi connectivity index (χ2n) is 17.8. The van der Waals surface area contributed by atoms with E-state index in [4.69, 9.17) is 52.1 Å². The zero-order chi connectivity index (χ0) is 51.6. The Morgan fingerprint density at radius 2 is 0.814 bits per heavy atom. The number of ether oxygens (including phenoxy) is 11. The van der Waals surface area contributed by atoms with Crippen molar-refractivity contribution in [2.75, 3.05) is 33.0 Å². The molecule has 0 bridgehead atoms. The third-order valence-electron chi connectivity index (χ3n) is 12.8. The molecule has 1 unspecified atom stereocenters. The Hall–Kier alpha value is -2.14. The Morgan fingerprint density at radius 3 is 1.40 bits per heavy atom. The summed E-state index contributed by atoms with van der Waals surface area (Å²) in [5.74, 6) is -1.54. The fourth-order valence-electron chi connectivity index (χ4n) is 8.94. The van der Waals surface area contributed by atoms with E-state index in [1.807, 2.05) is 0 Å². The first kappa shape index (κ1) is 57.1. The minimum absolute atomic E-state index is 0.712. The summed E-state index contributed by atoms with van der Waals surface area (Å²) in [5, 5.41) is 176. The molecule has 31 heteroatoms. The maximum absolute atomic E-state index is 12.7. The van der Waals surface area contributed by atoms with Gasteiger partial charge in [-0.25, -0.2) is 0 Å². The van der Waals surface area contributed by atoms with Crippen molar-refractivity contribution in [3.8, 4) is 0 Å². The minimum atomic E-state index is -2.15. The summed E-state index contributed by atoms with van der Waals surface area (Å²) in [6.45, 7) is -1.16. The number of aliphatic hydroxyl groups excluding tert-OH is 16. The first-order valence-corrected chi connectivity index (χ1v) is 22.4. The second-order valence-corrected chi connectivity index (χ2v) is 17.8. The molecule has 406 valence electrons. The average Bonchev–Trinajstić information content (AvgIpc) is 3.59. The summed E-state index contributed by atoms with van der Waals surface area (Å²) in [5.41, 5.74) is 0. The lowest BCUT2D eigenvalue weighted by Crippen LogP contribution is -2.70. The van der Waals surface area contributed by atoms with Gasteiger partial charge in [0.25, 0.3) is 0 Å². The summed E-state index contributed by atoms with van der Waals surface area (Å²) in [6, 6.07) is -3.30. The molecule has 6 aliphatic heterocycles. The summed E-state index contributed by atoms with van der Waals surface area (Å²) in [7, 11) is 0. The maximum atomic E-state index is 12.7. The number of carbonyl (C=O) groups excluding carboxylic acids is 2. The number of rotatable bonds is 17. The summed E-state index contributed by atoms with van der Waals surface area (Å²) < 4.78 is 64.1. The van der Waals surface area contributed by atoms with Crippen molar-refractivity contribution in [3.63, 3.8) is 0 Å². The fourth-order valence-corrected chi connectivity index (χ4v) is 8.94. The Balaban J connectivity index is 1.36. The molecular weight excluding hydrogens is 960 g/mol. The molecule has 0 saturated carbocycles. The predicted molar refractivity (Wildman–Crippen MR) is 215 cm³/mol. The molecule has 0 aromatic heterocycles. The highest BCUT2D eigenvalue weighted by molar-refractivity contribution is 5.73. The van der Waals surface area contributed by atoms with Crippen molar-refractivity contribution in [1.29, 1.82) is 0 Å². The Bertz CT molecular complexity index is 1680. The Morgan fingerprint density at radius 1 is 0.400 bits per heavy atom. The lowest BCUT2D eigenvalue weighted by atomic mass is 9.93. The summed E-state index contributed by atoms with van der Waals surface area (Å²) in [6.07, 6.45) is -49.7. The third-order valence-corrected chi connectivity index (χ3v) is 12.8. The van der Waals surface area contributed by atoms with Crippen molar-refractivity contribution in [1.82, 2.24) is 10.6 Å². The highest BCUT2D eigenvalue weighted by atomic mass is 16.8. The van der Waals surface area contributed by atoms with Gasteiger partial charge >= 0.3 is 0 Å². The van der Waals surface area contributed by atoms with Crippen molar-refractivity contribution >= 4 is 11.8 Å². The van der Waals surface area contributed by atoms with E-state index in [0.29, 0.717) is 0 Å². The molecule has 31 nitrogen and oxygen atoms in total. The van der Waals surface area contributed by atoms with E-state index in [1.54, 1.807) is 0 Å². The van der Waals surface area contributed by atoms with Gasteiger partial charge in [0.05, 0.1) is 39.1 Å². The molecule has 18 N–H and O–H groups in total. The van der Waals surface area contributed by atoms with E-state index in [0.717, 1.165) is 13.8 Å². The van der Waals surface area contributed by atoms with E-state index in [1.165, 1.54) is 6.92 Å². The number of aliphatic hydroxyl groups is 16. The lowest BCUT2D eigenvalue weighted by molar-refractivity contribution is -0.396. The molecule has 6 aliphatic rings. The van der Waals surface area contributed by atoms with Crippen LogP contribution >= 0.6 is 0 Å². The van der Waals surface area contributed by atoms with Gasteiger partial charge in [0, 0.05) is 13.8 Å². The summed E-state index contributed by atoms with van der Waals surface area (Å²) >= 11 is 0. The molecule has 29 atom stereocenters. The highest BCUT2D eigenvalue weighted by Crippen LogP contribution is 2.38. The van der Waals surface area contributed by atoms with E-state index in [2.05, 4.69) is 10.6 Å². The molecule has 6 saturated heterocycles. The van der Waals surface area contributed by atoms with Crippen molar-refractivity contribution in [2.24, 2.45) is 0 Å². The van der Waals surface area contributed by atoms with Crippen LogP contribution in [0.2, 0.25) is 0 Å². The molecule has 6 heterocycles. The van der Waals surface area contributed by atoms with Crippen molar-refractivity contribution in [3.05, 3.63) is 0 Å². The zero-order valence-corrected chi connectivity index (χ0v) is 37.7. The molecule has 70 heavy (non-hydrogen) atoms. The molecule has 0 radical (unpaired) electrons. The van der Waals surface area contributed by atoms with E-state index < -0.39 is 223 Å². The van der Waals surface area contributed by atoms with Crippen LogP contribution < -0.4 is 10.6 Å². The molecule has 0 aromatic carbocycles. The smallest absolute Gasteiger partial charge is 0.217 e. The summed E-state index contributed by atoms with van der Waals surface area (Å²) in [4.78, 5) is 24.6. The largest absolute Gasteiger partial charge is 0.394 e. The number of hydrogen-bond acceptors (Lipinski definition) is 29. The third kappa shape index (κ3) is 12.2. The number of hydrogen-bond donors (Lipinski definition) is 18. The van der Waals surface area contributed by atoms with E-state index in [-0.39, 0.29) is 0 Å². The van der Waals surface area contributed by atoms with Crippen LogP contribution in [0.4, 0.5) is 0 Å². The van der Waals surface area contributed by atoms with Gasteiger partial charge in [-0.15, -0.1) is 0 Å². The predicted octanol–water partition coefficient (Wildman–Crippen LogP) is -12.1. The fraction of sp³-hybridized carbons (Fsp3) is 0.949. The average molecular weight is 1030 g/mol. The molecule has 0 aromatic rings. The molecule has 0 aliphatic carbocycles. The maximum Gasteiger partial charge on any atom is 0.217 e. The highest BCUT2D eigenvalue weighted by Gasteiger charge is 2.58. The van der Waals surface area contributed by atoms with Crippen LogP contribution in [0.15, 0.2) is 0 Å². The van der Waals surface area contributed by atoms with Gasteiger partial charge in [-0.2, -0.15) is 0 Å². The second kappa shape index (κ2) is 24.5. The number of amides is 2. The van der Waals surface area contributed by atoms with E-state index in [9.17, 15) is 91.3 Å². The van der Waals surface area contributed by atoms with Gasteiger partial charge in [-0.05, 0) is 6.92 Å². The van der Waals surface area contributed by atoms with Gasteiger partial charge < -0.3 is 144 Å². The number of carbonyl (C=O) groups is 2. The van der Waals surface area contributed by atoms with Crippen LogP contribution in [0.3, 0.4) is 0 Å². The molecule has 6 rings (SSSR count). The van der Waals surface area contributed by atoms with Crippen molar-refractivity contribution in [2.45, 2.75) is 199 Å². The topological polar surface area (TPSA) is 483 Å². The minimum Gasteiger partial charge on any atom is -0.394 e. The quantitative estimate of drug-likeness (QED) is 0.0643. The first-order valence-electron chi connectivity index (χ1n) is 22.4. The van der Waals surface area contributed by atoms with Crippen LogP contribution in [0.1, 0.15) is 20.8 Å². The Labute approximate surface area is 397 Å². The molecular formula is C39H66N2O29. The normalized spacial score (nSPS) is 50.1. The van der Waals surface area contributed by atoms with Gasteiger partial charge in [-0.3, -0.25) is 9.59 Å². The van der Waals surface area contributed by atoms with Crippen LogP contribution in [0.25, 0.3) is 0 Å². The molecule has 0 spiro atoms. The van der Waals surface area contributed by atoms with Gasteiger partial charge in [0.15, 0.2) is 37.7 Å². The van der Waals surface area contributed by atoms with Crippen LogP contribution in [-0.4, -0.2) is 305 Å². The van der Waals surface area contributed by atoms with Crippen LogP contribution in [0, 0.1) is 0 Å². The zero-order valence-electron chi connectivity index (χ0n) is 37.7. The van der Waals surface area contributed by atoms with Gasteiger partial charge in [-0.1, -0.05) is 0 Å². The van der Waals surface area contributed by atoms with Gasteiger partial charge in [0.2, 0.25) is 11.8 Å². The standard InChI is InChI=1S/C39H66N2O29/c1-9-19(48)25(54)29(58)37(61-9)69-32-22(51)16(8-60-36-28(57)26(55)20(49)12(4-42)63-36)66-39(33(32)70-38-27(56)21(50)13(5-43)64-38)68-31-15(7-45)65-35(18(24(31)53)41-11(3)47)67-30-14(6-44)62-34(59)17(23(30)52)40-10(2)46/h9,12-39,42-45,48-59H,4-8H2,1-3H3,(H,40,46)(H,41,47)/t9-,12+,13+,14+,15+,16+,17+,18+,19+,20+,21-,22+,23+,24+,25+,26-,27+,28-,29-,30+,31+,32-,33-,34?,35-,36-,37-,38-,39-/m0/s1. The Kier molecular flexibility index (Phi) is 20.0. The lowest BCUT2D eigenvalue weighted by Gasteiger charge is -2.51. The van der Waals surface area contributed by atoms with Crippen LogP contribution in [0.5, 0.6) is 0 Å². The number of nitrogens with one attached hydrogen (secondary N) is 2. The SMILES string of the molecule is CC(=O)N[C@H]1[C@H](O[C@H]2[C@H](O)[C@@H](NC(C)=O)C(O)O[C@@H]2CO)O[C@H](CO)[C@@H](O[C@@H]2O[C@H](CO[C@H]3O[C@H](CO)[C@@H](O)[C@H](O)[C@@H]3O)[C@@H](O)[C@H](O[C@@H]3O[C@@H](C)[C@@H](O)[C@@H](O)[C@@H]3O)[C@@H]2O[C@@H]2O[C@H](CO)[C@H](O)[C@H]2O)[C@@H]1O. The molecule has 2 amide bonds. The van der Waals surface area contributed by atoms with Gasteiger partial charge in [0.1, 0.15) is 134 Å². The van der Waals surface area contributed by atoms with Crippen molar-refractivity contribution < 1.29 is 143 Å². The monoisotopic (exact) mass is 1030 g/mol. The first-order chi connectivity index (χ1) is 33.1. The van der Waals surface area contributed by atoms with E-state index >= 15 is 0 Å². The molecule has 6 fully saturated rings. The van der Waals surface area contributed by atoms with Crippen LogP contribution in [-0.2, 0) is 61.7 Å².